The average Bonchev–Trinajstić information content (AvgIpc) is 3.10. The number of carbonyl (C=O) groups is 1. The molecule has 0 aromatic heterocycles. The number of piperazine rings is 1. The first kappa shape index (κ1) is 18.1. The minimum atomic E-state index is -3.20. The van der Waals surface area contributed by atoms with Crippen molar-refractivity contribution in [3.8, 4) is 5.75 Å². The molecule has 2 aliphatic rings. The third-order valence-corrected chi connectivity index (χ3v) is 6.07. The molecule has 2 N–H and O–H groups in total. The molecule has 1 aromatic rings. The van der Waals surface area contributed by atoms with Crippen LogP contribution in [0.2, 0.25) is 0 Å². The number of hydrogen-bond donors (Lipinski definition) is 2. The van der Waals surface area contributed by atoms with Gasteiger partial charge in [0.2, 0.25) is 15.9 Å². The van der Waals surface area contributed by atoms with Crippen LogP contribution >= 0.6 is 0 Å². The predicted molar refractivity (Wildman–Crippen MR) is 93.4 cm³/mol. The topological polar surface area (TPSA) is 91.0 Å². The van der Waals surface area contributed by atoms with Crippen LogP contribution in [0.1, 0.15) is 11.6 Å². The van der Waals surface area contributed by atoms with Gasteiger partial charge in [-0.1, -0.05) is 12.1 Å². The summed E-state index contributed by atoms with van der Waals surface area (Å²) in [4.78, 5) is 14.7. The molecule has 9 heteroatoms. The Morgan fingerprint density at radius 2 is 1.96 bits per heavy atom. The van der Waals surface area contributed by atoms with Gasteiger partial charge in [0.25, 0.3) is 0 Å². The second-order valence-electron chi connectivity index (χ2n) is 6.37. The van der Waals surface area contributed by atoms with Crippen molar-refractivity contribution in [2.45, 2.75) is 6.04 Å². The van der Waals surface area contributed by atoms with Crippen LogP contribution < -0.4 is 15.6 Å². The number of hydrogen-bond acceptors (Lipinski definition) is 6. The highest BCUT2D eigenvalue weighted by Crippen LogP contribution is 2.29. The summed E-state index contributed by atoms with van der Waals surface area (Å²) in [5, 5.41) is 0. The van der Waals surface area contributed by atoms with E-state index >= 15 is 0 Å². The lowest BCUT2D eigenvalue weighted by Gasteiger charge is -2.35. The molecule has 2 heterocycles. The summed E-state index contributed by atoms with van der Waals surface area (Å²) < 4.78 is 29.9. The molecule has 2 unspecified atom stereocenters. The number of nitrogens with one attached hydrogen (secondary N) is 2. The Morgan fingerprint density at radius 3 is 2.60 bits per heavy atom. The van der Waals surface area contributed by atoms with E-state index in [1.54, 1.807) is 12.0 Å². The van der Waals surface area contributed by atoms with Gasteiger partial charge in [-0.05, 0) is 17.7 Å². The van der Waals surface area contributed by atoms with E-state index < -0.39 is 10.0 Å². The van der Waals surface area contributed by atoms with Crippen molar-refractivity contribution in [2.24, 2.45) is 5.92 Å². The molecular formula is C16H24N4O4S. The standard InChI is InChI=1S/C16H24N4O4S/c1-24-13-5-3-4-12(10-13)15-14(11-17-18-15)16(21)19-6-8-20(9-7-19)25(2,22)23/h3-5,10,14-15,17-18H,6-9,11H2,1-2H3. The lowest BCUT2D eigenvalue weighted by atomic mass is 9.93. The number of sulfonamides is 1. The second kappa shape index (κ2) is 7.28. The molecule has 3 rings (SSSR count). The van der Waals surface area contributed by atoms with Crippen LogP contribution in [0, 0.1) is 5.92 Å². The summed E-state index contributed by atoms with van der Waals surface area (Å²) in [5.41, 5.74) is 7.22. The maximum Gasteiger partial charge on any atom is 0.229 e. The number of carbonyl (C=O) groups excluding carboxylic acids is 1. The van der Waals surface area contributed by atoms with Crippen LogP contribution in [0.15, 0.2) is 24.3 Å². The van der Waals surface area contributed by atoms with Crippen molar-refractivity contribution in [3.05, 3.63) is 29.8 Å². The highest BCUT2D eigenvalue weighted by atomic mass is 32.2. The maximum atomic E-state index is 12.9. The molecule has 8 nitrogen and oxygen atoms in total. The SMILES string of the molecule is COc1cccc(C2NNCC2C(=O)N2CCN(S(C)(=O)=O)CC2)c1. The molecular weight excluding hydrogens is 344 g/mol. The van der Waals surface area contributed by atoms with Crippen LogP contribution in [-0.4, -0.2) is 69.6 Å². The highest BCUT2D eigenvalue weighted by Gasteiger charge is 2.38. The van der Waals surface area contributed by atoms with Gasteiger partial charge in [-0.25, -0.2) is 13.8 Å². The van der Waals surface area contributed by atoms with Gasteiger partial charge in [0, 0.05) is 32.7 Å². The molecule has 0 aliphatic carbocycles. The number of amides is 1. The lowest BCUT2D eigenvalue weighted by Crippen LogP contribution is -2.52. The first-order valence-electron chi connectivity index (χ1n) is 8.26. The zero-order valence-corrected chi connectivity index (χ0v) is 15.3. The van der Waals surface area contributed by atoms with Crippen molar-refractivity contribution in [1.82, 2.24) is 20.1 Å². The molecule has 2 aliphatic heterocycles. The number of ether oxygens (including phenoxy) is 1. The Bertz CT molecular complexity index is 731. The van der Waals surface area contributed by atoms with E-state index in [4.69, 9.17) is 4.74 Å². The predicted octanol–water partition coefficient (Wildman–Crippen LogP) is -0.436. The Labute approximate surface area is 148 Å². The van der Waals surface area contributed by atoms with E-state index in [1.165, 1.54) is 10.6 Å². The zero-order chi connectivity index (χ0) is 18.0. The van der Waals surface area contributed by atoms with Crippen LogP contribution in [-0.2, 0) is 14.8 Å². The van der Waals surface area contributed by atoms with Crippen molar-refractivity contribution < 1.29 is 17.9 Å². The van der Waals surface area contributed by atoms with Crippen LogP contribution in [0.5, 0.6) is 5.75 Å². The fraction of sp³-hybridized carbons (Fsp3) is 0.562. The minimum absolute atomic E-state index is 0.0403. The summed E-state index contributed by atoms with van der Waals surface area (Å²) in [5.74, 6) is 0.550. The van der Waals surface area contributed by atoms with Gasteiger partial charge in [-0.2, -0.15) is 4.31 Å². The van der Waals surface area contributed by atoms with Crippen molar-refractivity contribution in [3.63, 3.8) is 0 Å². The van der Waals surface area contributed by atoms with Crippen LogP contribution in [0.4, 0.5) is 0 Å². The van der Waals surface area contributed by atoms with E-state index in [9.17, 15) is 13.2 Å². The number of methoxy groups -OCH3 is 1. The maximum absolute atomic E-state index is 12.9. The van der Waals surface area contributed by atoms with E-state index in [0.29, 0.717) is 32.7 Å². The smallest absolute Gasteiger partial charge is 0.229 e. The fourth-order valence-corrected chi connectivity index (χ4v) is 4.18. The molecule has 0 bridgehead atoms. The summed E-state index contributed by atoms with van der Waals surface area (Å²) in [6, 6.07) is 7.52. The van der Waals surface area contributed by atoms with E-state index in [-0.39, 0.29) is 17.9 Å². The van der Waals surface area contributed by atoms with E-state index in [0.717, 1.165) is 11.3 Å². The summed E-state index contributed by atoms with van der Waals surface area (Å²) in [7, 11) is -1.58. The first-order valence-corrected chi connectivity index (χ1v) is 10.1. The highest BCUT2D eigenvalue weighted by molar-refractivity contribution is 7.88. The molecule has 1 aromatic carbocycles. The monoisotopic (exact) mass is 368 g/mol. The molecule has 2 saturated heterocycles. The van der Waals surface area contributed by atoms with Gasteiger partial charge < -0.3 is 9.64 Å². The molecule has 0 saturated carbocycles. The summed E-state index contributed by atoms with van der Waals surface area (Å²) >= 11 is 0. The van der Waals surface area contributed by atoms with Crippen LogP contribution in [0.3, 0.4) is 0 Å². The largest absolute Gasteiger partial charge is 0.497 e. The molecule has 1 amide bonds. The van der Waals surface area contributed by atoms with Gasteiger partial charge in [-0.3, -0.25) is 10.2 Å². The molecule has 0 radical (unpaired) electrons. The third kappa shape index (κ3) is 3.95. The van der Waals surface area contributed by atoms with Crippen molar-refractivity contribution in [2.75, 3.05) is 46.1 Å². The normalized spacial score (nSPS) is 25.1. The van der Waals surface area contributed by atoms with Gasteiger partial charge in [0.05, 0.1) is 25.3 Å². The van der Waals surface area contributed by atoms with Crippen molar-refractivity contribution in [1.29, 1.82) is 0 Å². The fourth-order valence-electron chi connectivity index (χ4n) is 3.35. The Hall–Kier alpha value is -1.68. The average molecular weight is 368 g/mol. The Balaban J connectivity index is 1.69. The molecule has 138 valence electrons. The van der Waals surface area contributed by atoms with Crippen LogP contribution in [0.25, 0.3) is 0 Å². The summed E-state index contributed by atoms with van der Waals surface area (Å²) in [6.07, 6.45) is 1.20. The quantitative estimate of drug-likeness (QED) is 0.749. The van der Waals surface area contributed by atoms with Gasteiger partial charge in [0.15, 0.2) is 0 Å². The van der Waals surface area contributed by atoms with Gasteiger partial charge in [-0.15, -0.1) is 0 Å². The van der Waals surface area contributed by atoms with E-state index in [1.807, 2.05) is 24.3 Å². The molecule has 2 atom stereocenters. The number of nitrogens with zero attached hydrogens (tertiary/aromatic N) is 2. The first-order chi connectivity index (χ1) is 11.9. The van der Waals surface area contributed by atoms with Gasteiger partial charge >= 0.3 is 0 Å². The number of rotatable bonds is 4. The third-order valence-electron chi connectivity index (χ3n) is 4.77. The Morgan fingerprint density at radius 1 is 1.24 bits per heavy atom. The lowest BCUT2D eigenvalue weighted by molar-refractivity contribution is -0.136. The summed E-state index contributed by atoms with van der Waals surface area (Å²) in [6.45, 7) is 2.08. The second-order valence-corrected chi connectivity index (χ2v) is 8.36. The molecule has 2 fully saturated rings. The minimum Gasteiger partial charge on any atom is -0.497 e. The number of hydrazine groups is 1. The Kier molecular flexibility index (Phi) is 5.28. The number of benzene rings is 1. The zero-order valence-electron chi connectivity index (χ0n) is 14.4. The van der Waals surface area contributed by atoms with Crippen molar-refractivity contribution >= 4 is 15.9 Å². The van der Waals surface area contributed by atoms with Gasteiger partial charge in [0.1, 0.15) is 5.75 Å². The van der Waals surface area contributed by atoms with E-state index in [2.05, 4.69) is 10.9 Å². The molecule has 25 heavy (non-hydrogen) atoms. The molecule has 0 spiro atoms.